The average Bonchev–Trinajstić information content (AvgIpc) is 3.17. The number of hydrogen-bond acceptors (Lipinski definition) is 3. The van der Waals surface area contributed by atoms with Gasteiger partial charge in [0.2, 0.25) is 0 Å². The van der Waals surface area contributed by atoms with Gasteiger partial charge in [0.1, 0.15) is 0 Å². The number of rotatable bonds is 4. The summed E-state index contributed by atoms with van der Waals surface area (Å²) in [6.07, 6.45) is 2.58. The van der Waals surface area contributed by atoms with Crippen molar-refractivity contribution in [2.75, 3.05) is 19.8 Å². The van der Waals surface area contributed by atoms with E-state index in [1.54, 1.807) is 6.20 Å². The molecule has 0 aliphatic carbocycles. The van der Waals surface area contributed by atoms with E-state index >= 15 is 0 Å². The maximum atomic E-state index is 12.2. The fourth-order valence-corrected chi connectivity index (χ4v) is 2.36. The first-order chi connectivity index (χ1) is 9.84. The minimum absolute atomic E-state index is 0.0931. The van der Waals surface area contributed by atoms with Gasteiger partial charge in [-0.3, -0.25) is 9.89 Å². The normalized spacial score (nSPS) is 18.1. The molecule has 2 aromatic rings. The lowest BCUT2D eigenvalue weighted by molar-refractivity contribution is 0.0945. The molecule has 1 amide bonds. The van der Waals surface area contributed by atoms with Crippen LogP contribution >= 0.6 is 0 Å². The summed E-state index contributed by atoms with van der Waals surface area (Å²) in [5.74, 6) is 0.329. The Morgan fingerprint density at radius 1 is 1.40 bits per heavy atom. The fraction of sp³-hybridized carbons (Fsp3) is 0.333. The smallest absolute Gasteiger partial charge is 0.255 e. The highest BCUT2D eigenvalue weighted by Gasteiger charge is 2.19. The van der Waals surface area contributed by atoms with Gasteiger partial charge in [-0.2, -0.15) is 5.10 Å². The lowest BCUT2D eigenvalue weighted by atomic mass is 10.1. The van der Waals surface area contributed by atoms with Crippen LogP contribution in [0.5, 0.6) is 0 Å². The zero-order valence-electron chi connectivity index (χ0n) is 11.1. The van der Waals surface area contributed by atoms with Crippen LogP contribution in [0.15, 0.2) is 36.5 Å². The Hall–Kier alpha value is -2.14. The van der Waals surface area contributed by atoms with Crippen LogP contribution in [0.1, 0.15) is 16.8 Å². The summed E-state index contributed by atoms with van der Waals surface area (Å²) in [7, 11) is 0. The van der Waals surface area contributed by atoms with Crippen molar-refractivity contribution in [3.05, 3.63) is 42.1 Å². The Balaban J connectivity index is 1.70. The van der Waals surface area contributed by atoms with E-state index in [2.05, 4.69) is 15.5 Å². The van der Waals surface area contributed by atoms with Crippen LogP contribution in [0.4, 0.5) is 0 Å². The number of amides is 1. The fourth-order valence-electron chi connectivity index (χ4n) is 2.36. The predicted octanol–water partition coefficient (Wildman–Crippen LogP) is 1.84. The van der Waals surface area contributed by atoms with Crippen LogP contribution < -0.4 is 5.32 Å². The molecule has 0 saturated carbocycles. The first-order valence-electron chi connectivity index (χ1n) is 6.79. The monoisotopic (exact) mass is 271 g/mol. The van der Waals surface area contributed by atoms with Gasteiger partial charge < -0.3 is 10.1 Å². The maximum absolute atomic E-state index is 12.2. The maximum Gasteiger partial charge on any atom is 0.255 e. The van der Waals surface area contributed by atoms with Gasteiger partial charge in [0.25, 0.3) is 5.91 Å². The molecular weight excluding hydrogens is 254 g/mol. The predicted molar refractivity (Wildman–Crippen MR) is 75.3 cm³/mol. The quantitative estimate of drug-likeness (QED) is 0.891. The molecular formula is C15H17N3O2. The standard InChI is InChI=1S/C15H17N3O2/c19-15(16-8-11-6-7-20-10-11)13-9-17-18-14(13)12-4-2-1-3-5-12/h1-5,9,11H,6-8,10H2,(H,16,19)(H,17,18). The molecule has 20 heavy (non-hydrogen) atoms. The number of benzene rings is 1. The van der Waals surface area contributed by atoms with Crippen molar-refractivity contribution < 1.29 is 9.53 Å². The van der Waals surface area contributed by atoms with Gasteiger partial charge in [0.05, 0.1) is 24.1 Å². The molecule has 0 radical (unpaired) electrons. The second kappa shape index (κ2) is 5.88. The number of nitrogens with zero attached hydrogens (tertiary/aromatic N) is 1. The third-order valence-corrected chi connectivity index (χ3v) is 3.52. The van der Waals surface area contributed by atoms with Crippen molar-refractivity contribution in [1.29, 1.82) is 0 Å². The van der Waals surface area contributed by atoms with Gasteiger partial charge in [-0.1, -0.05) is 30.3 Å². The first-order valence-corrected chi connectivity index (χ1v) is 6.79. The SMILES string of the molecule is O=C(NCC1CCOC1)c1cn[nH]c1-c1ccccc1. The molecule has 2 heterocycles. The third-order valence-electron chi connectivity index (χ3n) is 3.52. The van der Waals surface area contributed by atoms with Crippen molar-refractivity contribution in [2.24, 2.45) is 5.92 Å². The number of nitrogens with one attached hydrogen (secondary N) is 2. The van der Waals surface area contributed by atoms with E-state index in [1.807, 2.05) is 30.3 Å². The van der Waals surface area contributed by atoms with Crippen LogP contribution in [0.2, 0.25) is 0 Å². The molecule has 1 fully saturated rings. The second-order valence-corrected chi connectivity index (χ2v) is 4.96. The van der Waals surface area contributed by atoms with Crippen LogP contribution in [-0.4, -0.2) is 35.9 Å². The lowest BCUT2D eigenvalue weighted by Crippen LogP contribution is -2.29. The number of aromatic amines is 1. The summed E-state index contributed by atoms with van der Waals surface area (Å²) >= 11 is 0. The Morgan fingerprint density at radius 2 is 2.25 bits per heavy atom. The summed E-state index contributed by atoms with van der Waals surface area (Å²) in [6.45, 7) is 2.18. The number of carbonyl (C=O) groups is 1. The number of H-pyrrole nitrogens is 1. The van der Waals surface area contributed by atoms with Gasteiger partial charge in [-0.05, 0) is 6.42 Å². The van der Waals surface area contributed by atoms with E-state index in [1.165, 1.54) is 0 Å². The van der Waals surface area contributed by atoms with E-state index in [-0.39, 0.29) is 5.91 Å². The molecule has 1 atom stereocenters. The van der Waals surface area contributed by atoms with Crippen molar-refractivity contribution in [3.63, 3.8) is 0 Å². The highest BCUT2D eigenvalue weighted by molar-refractivity contribution is 5.99. The molecule has 2 N–H and O–H groups in total. The molecule has 0 spiro atoms. The summed E-state index contributed by atoms with van der Waals surface area (Å²) in [4.78, 5) is 12.2. The van der Waals surface area contributed by atoms with E-state index in [0.717, 1.165) is 30.9 Å². The lowest BCUT2D eigenvalue weighted by Gasteiger charge is -2.09. The molecule has 1 unspecified atom stereocenters. The molecule has 1 aliphatic heterocycles. The van der Waals surface area contributed by atoms with Crippen molar-refractivity contribution >= 4 is 5.91 Å². The third kappa shape index (κ3) is 2.72. The Kier molecular flexibility index (Phi) is 3.78. The molecule has 5 nitrogen and oxygen atoms in total. The first kappa shape index (κ1) is 12.9. The van der Waals surface area contributed by atoms with Gasteiger partial charge in [-0.25, -0.2) is 0 Å². The molecule has 0 bridgehead atoms. The molecule has 1 aromatic heterocycles. The topological polar surface area (TPSA) is 67.0 Å². The second-order valence-electron chi connectivity index (χ2n) is 4.96. The number of ether oxygens (including phenoxy) is 1. The van der Waals surface area contributed by atoms with E-state index < -0.39 is 0 Å². The van der Waals surface area contributed by atoms with Crippen LogP contribution in [0, 0.1) is 5.92 Å². The molecule has 1 aliphatic rings. The summed E-state index contributed by atoms with van der Waals surface area (Å²) in [5, 5.41) is 9.84. The molecule has 3 rings (SSSR count). The number of hydrogen-bond donors (Lipinski definition) is 2. The zero-order chi connectivity index (χ0) is 13.8. The average molecular weight is 271 g/mol. The van der Waals surface area contributed by atoms with E-state index in [4.69, 9.17) is 4.74 Å². The highest BCUT2D eigenvalue weighted by atomic mass is 16.5. The molecule has 1 saturated heterocycles. The van der Waals surface area contributed by atoms with Gasteiger partial charge in [0.15, 0.2) is 0 Å². The van der Waals surface area contributed by atoms with Crippen molar-refractivity contribution in [1.82, 2.24) is 15.5 Å². The number of aromatic nitrogens is 2. The van der Waals surface area contributed by atoms with Crippen LogP contribution in [0.25, 0.3) is 11.3 Å². The Morgan fingerprint density at radius 3 is 3.00 bits per heavy atom. The zero-order valence-corrected chi connectivity index (χ0v) is 11.1. The summed E-state index contributed by atoms with van der Waals surface area (Å²) < 4.78 is 5.30. The minimum atomic E-state index is -0.0931. The van der Waals surface area contributed by atoms with Gasteiger partial charge in [0, 0.05) is 24.6 Å². The highest BCUT2D eigenvalue weighted by Crippen LogP contribution is 2.20. The molecule has 1 aromatic carbocycles. The van der Waals surface area contributed by atoms with Crippen LogP contribution in [-0.2, 0) is 4.74 Å². The molecule has 5 heteroatoms. The van der Waals surface area contributed by atoms with Crippen LogP contribution in [0.3, 0.4) is 0 Å². The largest absolute Gasteiger partial charge is 0.381 e. The number of carbonyl (C=O) groups excluding carboxylic acids is 1. The van der Waals surface area contributed by atoms with Gasteiger partial charge in [-0.15, -0.1) is 0 Å². The summed E-state index contributed by atoms with van der Waals surface area (Å²) in [6, 6.07) is 9.73. The van der Waals surface area contributed by atoms with Gasteiger partial charge >= 0.3 is 0 Å². The Labute approximate surface area is 117 Å². The summed E-state index contributed by atoms with van der Waals surface area (Å²) in [5.41, 5.74) is 2.29. The van der Waals surface area contributed by atoms with Crippen molar-refractivity contribution in [3.8, 4) is 11.3 Å². The Bertz CT molecular complexity index is 574. The van der Waals surface area contributed by atoms with E-state index in [0.29, 0.717) is 18.0 Å². The van der Waals surface area contributed by atoms with Crippen molar-refractivity contribution in [2.45, 2.75) is 6.42 Å². The minimum Gasteiger partial charge on any atom is -0.381 e. The van der Waals surface area contributed by atoms with E-state index in [9.17, 15) is 4.79 Å². The molecule has 104 valence electrons.